The maximum Gasteiger partial charge on any atom is 0.0991 e. The number of hydrogen-bond acceptors (Lipinski definition) is 2. The predicted molar refractivity (Wildman–Crippen MR) is 178 cm³/mol. The van der Waals surface area contributed by atoms with Crippen LogP contribution >= 0.6 is 0 Å². The van der Waals surface area contributed by atoms with Crippen molar-refractivity contribution < 1.29 is 0 Å². The summed E-state index contributed by atoms with van der Waals surface area (Å²) in [7, 11) is 0. The van der Waals surface area contributed by atoms with Crippen LogP contribution in [0.2, 0.25) is 0 Å². The van der Waals surface area contributed by atoms with E-state index < -0.39 is 0 Å². The van der Waals surface area contributed by atoms with Crippen LogP contribution in [0.4, 0.5) is 17.1 Å². The van der Waals surface area contributed by atoms with Gasteiger partial charge in [0.2, 0.25) is 0 Å². The molecule has 0 unspecified atom stereocenters. The number of benzene rings is 6. The molecule has 3 heteroatoms. The number of rotatable bonds is 3. The molecule has 0 N–H and O–H groups in total. The molecule has 0 saturated heterocycles. The fourth-order valence-corrected chi connectivity index (χ4v) is 7.02. The third kappa shape index (κ3) is 3.67. The minimum atomic E-state index is -0.123. The van der Waals surface area contributed by atoms with Crippen LogP contribution in [0.15, 0.2) is 140 Å². The number of nitrogens with zero attached hydrogens (tertiary/aromatic N) is 3. The van der Waals surface area contributed by atoms with E-state index in [1.807, 2.05) is 12.1 Å². The average Bonchev–Trinajstić information content (AvgIpc) is 3.39. The van der Waals surface area contributed by atoms with Crippen LogP contribution in [-0.4, -0.2) is 4.57 Å². The quantitative estimate of drug-likeness (QED) is 0.219. The van der Waals surface area contributed by atoms with Gasteiger partial charge in [-0.15, -0.1) is 0 Å². The smallest absolute Gasteiger partial charge is 0.0991 e. The topological polar surface area (TPSA) is 32.0 Å². The van der Waals surface area contributed by atoms with Gasteiger partial charge in [0.25, 0.3) is 0 Å². The van der Waals surface area contributed by atoms with Crippen LogP contribution in [-0.2, 0) is 5.41 Å². The Bertz CT molecular complexity index is 2200. The van der Waals surface area contributed by atoms with Crippen molar-refractivity contribution in [2.45, 2.75) is 19.3 Å². The molecule has 0 fully saturated rings. The molecule has 6 aromatic carbocycles. The number of nitriles is 1. The number of para-hydroxylation sites is 5. The molecular weight excluding hydrogens is 522 g/mol. The first-order valence-electron chi connectivity index (χ1n) is 14.7. The lowest BCUT2D eigenvalue weighted by Crippen LogP contribution is -2.30. The van der Waals surface area contributed by atoms with Gasteiger partial charge in [-0.1, -0.05) is 105 Å². The summed E-state index contributed by atoms with van der Waals surface area (Å²) in [5.41, 5.74) is 12.3. The van der Waals surface area contributed by atoms with Crippen molar-refractivity contribution in [2.24, 2.45) is 0 Å². The summed E-state index contributed by atoms with van der Waals surface area (Å²) in [5, 5.41) is 11.9. The van der Waals surface area contributed by atoms with Gasteiger partial charge in [-0.3, -0.25) is 0 Å². The summed E-state index contributed by atoms with van der Waals surface area (Å²) >= 11 is 0. The van der Waals surface area contributed by atoms with E-state index in [1.54, 1.807) is 0 Å². The first-order valence-corrected chi connectivity index (χ1v) is 14.7. The Morgan fingerprint density at radius 1 is 0.512 bits per heavy atom. The summed E-state index contributed by atoms with van der Waals surface area (Å²) in [5.74, 6) is 0. The maximum absolute atomic E-state index is 9.65. The highest BCUT2D eigenvalue weighted by Gasteiger charge is 2.37. The fourth-order valence-electron chi connectivity index (χ4n) is 7.02. The molecule has 0 bridgehead atoms. The lowest BCUT2D eigenvalue weighted by atomic mass is 9.73. The van der Waals surface area contributed by atoms with Crippen molar-refractivity contribution >= 4 is 38.9 Å². The van der Waals surface area contributed by atoms with Crippen LogP contribution in [0.3, 0.4) is 0 Å². The Hall–Kier alpha value is -5.59. The maximum atomic E-state index is 9.65. The highest BCUT2D eigenvalue weighted by atomic mass is 15.2. The molecule has 1 aromatic heterocycles. The Balaban J connectivity index is 1.41. The lowest BCUT2D eigenvalue weighted by molar-refractivity contribution is 0.632. The second-order valence-corrected chi connectivity index (χ2v) is 11.7. The van der Waals surface area contributed by atoms with Gasteiger partial charge in [0, 0.05) is 27.3 Å². The summed E-state index contributed by atoms with van der Waals surface area (Å²) < 4.78 is 2.35. The van der Waals surface area contributed by atoms with Gasteiger partial charge in [-0.05, 0) is 59.7 Å². The first kappa shape index (κ1) is 25.1. The Morgan fingerprint density at radius 3 is 1.70 bits per heavy atom. The summed E-state index contributed by atoms with van der Waals surface area (Å²) in [6.45, 7) is 4.65. The van der Waals surface area contributed by atoms with Crippen molar-refractivity contribution in [1.82, 2.24) is 4.57 Å². The van der Waals surface area contributed by atoms with E-state index in [0.717, 1.165) is 44.3 Å². The van der Waals surface area contributed by atoms with Crippen molar-refractivity contribution in [1.29, 1.82) is 5.26 Å². The summed E-state index contributed by atoms with van der Waals surface area (Å²) in [6.07, 6.45) is 0. The molecule has 7 aromatic rings. The van der Waals surface area contributed by atoms with Gasteiger partial charge < -0.3 is 9.47 Å². The second-order valence-electron chi connectivity index (χ2n) is 11.7. The van der Waals surface area contributed by atoms with Gasteiger partial charge in [0.1, 0.15) is 0 Å². The first-order chi connectivity index (χ1) is 21.1. The van der Waals surface area contributed by atoms with Crippen molar-refractivity contribution in [3.8, 4) is 22.9 Å². The third-order valence-electron chi connectivity index (χ3n) is 9.02. The molecule has 1 aliphatic rings. The zero-order valence-corrected chi connectivity index (χ0v) is 24.1. The largest absolute Gasteiger partial charge is 0.309 e. The van der Waals surface area contributed by atoms with Crippen LogP contribution in [0.5, 0.6) is 0 Å². The molecule has 204 valence electrons. The molecule has 0 saturated carbocycles. The van der Waals surface area contributed by atoms with Gasteiger partial charge in [0.15, 0.2) is 0 Å². The van der Waals surface area contributed by atoms with E-state index in [2.05, 4.69) is 157 Å². The molecule has 1 aliphatic heterocycles. The van der Waals surface area contributed by atoms with Gasteiger partial charge >= 0.3 is 0 Å². The number of fused-ring (bicyclic) bond motifs is 5. The molecule has 0 radical (unpaired) electrons. The molecule has 0 spiro atoms. The molecule has 0 atom stereocenters. The molecular formula is C40H29N3. The van der Waals surface area contributed by atoms with E-state index in [0.29, 0.717) is 5.56 Å². The molecule has 43 heavy (non-hydrogen) atoms. The van der Waals surface area contributed by atoms with E-state index in [1.165, 1.54) is 22.5 Å². The van der Waals surface area contributed by atoms with Crippen molar-refractivity contribution in [3.63, 3.8) is 0 Å². The minimum Gasteiger partial charge on any atom is -0.309 e. The highest BCUT2D eigenvalue weighted by molar-refractivity contribution is 6.10. The highest BCUT2D eigenvalue weighted by Crippen LogP contribution is 2.53. The lowest BCUT2D eigenvalue weighted by Gasteiger charge is -2.42. The molecule has 8 rings (SSSR count). The predicted octanol–water partition coefficient (Wildman–Crippen LogP) is 10.4. The SMILES string of the molecule is CC1(C)c2ccccc2N(c2ccccc2-c2ccccc2-n2c3ccccc3c3cc(C#N)ccc32)c2ccccc21. The van der Waals surface area contributed by atoms with Crippen molar-refractivity contribution in [2.75, 3.05) is 4.90 Å². The van der Waals surface area contributed by atoms with Crippen LogP contribution in [0.1, 0.15) is 30.5 Å². The Labute approximate surface area is 251 Å². The number of hydrogen-bond donors (Lipinski definition) is 0. The van der Waals surface area contributed by atoms with E-state index in [4.69, 9.17) is 0 Å². The number of aromatic nitrogens is 1. The van der Waals surface area contributed by atoms with E-state index in [-0.39, 0.29) is 5.41 Å². The molecule has 0 amide bonds. The normalized spacial score (nSPS) is 13.5. The average molecular weight is 552 g/mol. The fraction of sp³-hybridized carbons (Fsp3) is 0.0750. The van der Waals surface area contributed by atoms with E-state index >= 15 is 0 Å². The van der Waals surface area contributed by atoms with Crippen LogP contribution in [0, 0.1) is 11.3 Å². The zero-order valence-electron chi connectivity index (χ0n) is 24.1. The summed E-state index contributed by atoms with van der Waals surface area (Å²) in [6, 6.07) is 51.8. The van der Waals surface area contributed by atoms with E-state index in [9.17, 15) is 5.26 Å². The zero-order chi connectivity index (χ0) is 29.1. The minimum absolute atomic E-state index is 0.123. The molecule has 0 aliphatic carbocycles. The van der Waals surface area contributed by atoms with Crippen LogP contribution in [0.25, 0.3) is 38.6 Å². The Kier molecular flexibility index (Phi) is 5.54. The van der Waals surface area contributed by atoms with Crippen LogP contribution < -0.4 is 4.90 Å². The summed E-state index contributed by atoms with van der Waals surface area (Å²) in [4.78, 5) is 2.44. The van der Waals surface area contributed by atoms with Gasteiger partial charge in [-0.25, -0.2) is 0 Å². The Morgan fingerprint density at radius 2 is 1.02 bits per heavy atom. The standard InChI is InChI=1S/C40H29N3/c1-40(2)32-16-6-11-21-38(32)43(39-22-12-7-17-33(39)40)35-19-9-4-14-29(35)28-13-3-8-18-34(28)42-36-20-10-5-15-30(36)31-25-27(26-41)23-24-37(31)42/h3-25H,1-2H3. The van der Waals surface area contributed by atoms with Gasteiger partial charge in [0.05, 0.1) is 45.4 Å². The van der Waals surface area contributed by atoms with Gasteiger partial charge in [-0.2, -0.15) is 5.26 Å². The van der Waals surface area contributed by atoms with Crippen molar-refractivity contribution in [3.05, 3.63) is 156 Å². The third-order valence-corrected chi connectivity index (χ3v) is 9.02. The molecule has 2 heterocycles. The number of anilines is 3. The second kappa shape index (κ2) is 9.48. The molecule has 3 nitrogen and oxygen atoms in total. The monoisotopic (exact) mass is 551 g/mol.